The van der Waals surface area contributed by atoms with E-state index in [1.807, 2.05) is 10.9 Å². The number of anilines is 1. The van der Waals surface area contributed by atoms with Crippen molar-refractivity contribution in [2.75, 3.05) is 44.2 Å². The average Bonchev–Trinajstić information content (AvgIpc) is 3.33. The van der Waals surface area contributed by atoms with Crippen molar-refractivity contribution in [2.24, 2.45) is 0 Å². The number of amides is 2. The molecule has 0 unspecified atom stereocenters. The van der Waals surface area contributed by atoms with E-state index < -0.39 is 0 Å². The zero-order valence-electron chi connectivity index (χ0n) is 14.7. The highest BCUT2D eigenvalue weighted by molar-refractivity contribution is 5.93. The van der Waals surface area contributed by atoms with Gasteiger partial charge in [-0.1, -0.05) is 12.1 Å². The Balaban J connectivity index is 1.13. The fourth-order valence-electron chi connectivity index (χ4n) is 3.96. The topological polar surface area (TPSA) is 62.6 Å². The van der Waals surface area contributed by atoms with Crippen molar-refractivity contribution in [3.8, 4) is 5.75 Å². The summed E-state index contributed by atoms with van der Waals surface area (Å²) in [5, 5.41) is 7.29. The SMILES string of the molecule is O=C1NCCN1c1cnn(C2CN(CCc3ccc4c(c3)CCO4)C2)c1. The van der Waals surface area contributed by atoms with Gasteiger partial charge in [-0.25, -0.2) is 4.79 Å². The Kier molecular flexibility index (Phi) is 3.81. The molecule has 3 aliphatic heterocycles. The Bertz CT molecular complexity index is 827. The quantitative estimate of drug-likeness (QED) is 0.884. The van der Waals surface area contributed by atoms with Crippen molar-refractivity contribution < 1.29 is 9.53 Å². The summed E-state index contributed by atoms with van der Waals surface area (Å²) in [7, 11) is 0. The first-order chi connectivity index (χ1) is 12.8. The van der Waals surface area contributed by atoms with Crippen molar-refractivity contribution in [1.82, 2.24) is 20.0 Å². The lowest BCUT2D eigenvalue weighted by Crippen LogP contribution is -2.48. The molecule has 0 aliphatic carbocycles. The van der Waals surface area contributed by atoms with Crippen LogP contribution in [0.3, 0.4) is 0 Å². The second-order valence-corrected chi connectivity index (χ2v) is 7.27. The number of carbonyl (C=O) groups excluding carboxylic acids is 1. The molecule has 7 heteroatoms. The van der Waals surface area contributed by atoms with E-state index in [9.17, 15) is 4.79 Å². The summed E-state index contributed by atoms with van der Waals surface area (Å²) in [5.74, 6) is 1.05. The van der Waals surface area contributed by atoms with Crippen LogP contribution in [0.1, 0.15) is 17.2 Å². The van der Waals surface area contributed by atoms with E-state index in [2.05, 4.69) is 33.5 Å². The highest BCUT2D eigenvalue weighted by Gasteiger charge is 2.30. The zero-order chi connectivity index (χ0) is 17.5. The summed E-state index contributed by atoms with van der Waals surface area (Å²) in [6.07, 6.45) is 5.89. The molecular formula is C19H23N5O2. The molecule has 5 rings (SSSR count). The van der Waals surface area contributed by atoms with Crippen molar-refractivity contribution >= 4 is 11.7 Å². The van der Waals surface area contributed by atoms with Crippen LogP contribution < -0.4 is 15.0 Å². The van der Waals surface area contributed by atoms with Gasteiger partial charge in [0.25, 0.3) is 0 Å². The first-order valence-electron chi connectivity index (χ1n) is 9.33. The number of ether oxygens (including phenoxy) is 1. The molecular weight excluding hydrogens is 330 g/mol. The van der Waals surface area contributed by atoms with Crippen molar-refractivity contribution in [1.29, 1.82) is 0 Å². The Hall–Kier alpha value is -2.54. The van der Waals surface area contributed by atoms with Crippen LogP contribution in [0, 0.1) is 0 Å². The van der Waals surface area contributed by atoms with Gasteiger partial charge < -0.3 is 10.1 Å². The number of nitrogens with zero attached hydrogens (tertiary/aromatic N) is 4. The lowest BCUT2D eigenvalue weighted by Gasteiger charge is -2.39. The van der Waals surface area contributed by atoms with Crippen LogP contribution in [0.25, 0.3) is 0 Å². The van der Waals surface area contributed by atoms with Gasteiger partial charge in [0.2, 0.25) is 0 Å². The standard InChI is InChI=1S/C19H23N5O2/c25-19-20-5-7-23(19)16-10-21-24(13-16)17-11-22(12-17)6-3-14-1-2-18-15(9-14)4-8-26-18/h1-2,9-10,13,17H,3-8,11-12H2,(H,20,25). The fraction of sp³-hybridized carbons (Fsp3) is 0.474. The number of hydrogen-bond donors (Lipinski definition) is 1. The first kappa shape index (κ1) is 15.7. The van der Waals surface area contributed by atoms with Crippen LogP contribution in [0.2, 0.25) is 0 Å². The Labute approximate surface area is 152 Å². The van der Waals surface area contributed by atoms with E-state index in [0.717, 1.165) is 50.5 Å². The van der Waals surface area contributed by atoms with Crippen LogP contribution in [0.15, 0.2) is 30.6 Å². The first-order valence-corrected chi connectivity index (χ1v) is 9.33. The molecule has 26 heavy (non-hydrogen) atoms. The van der Waals surface area contributed by atoms with E-state index in [0.29, 0.717) is 19.1 Å². The number of carbonyl (C=O) groups is 1. The summed E-state index contributed by atoms with van der Waals surface area (Å²) < 4.78 is 7.58. The molecule has 1 aromatic heterocycles. The molecule has 3 aliphatic rings. The summed E-state index contributed by atoms with van der Waals surface area (Å²) in [6, 6.07) is 6.96. The number of fused-ring (bicyclic) bond motifs is 1. The number of likely N-dealkylation sites (tertiary alicyclic amines) is 1. The molecule has 1 N–H and O–H groups in total. The lowest BCUT2D eigenvalue weighted by atomic mass is 10.0. The van der Waals surface area contributed by atoms with Crippen LogP contribution >= 0.6 is 0 Å². The summed E-state index contributed by atoms with van der Waals surface area (Å²) in [6.45, 7) is 5.34. The third-order valence-electron chi connectivity index (χ3n) is 5.54. The van der Waals surface area contributed by atoms with Gasteiger partial charge in [0.05, 0.1) is 24.5 Å². The van der Waals surface area contributed by atoms with Crippen LogP contribution in [-0.4, -0.2) is 60.0 Å². The molecule has 0 radical (unpaired) electrons. The van der Waals surface area contributed by atoms with Crippen LogP contribution in [0.5, 0.6) is 5.75 Å². The molecule has 7 nitrogen and oxygen atoms in total. The number of urea groups is 1. The molecule has 2 fully saturated rings. The smallest absolute Gasteiger partial charge is 0.322 e. The van der Waals surface area contributed by atoms with E-state index in [1.165, 1.54) is 11.1 Å². The second kappa shape index (κ2) is 6.32. The van der Waals surface area contributed by atoms with Gasteiger partial charge in [0, 0.05) is 45.3 Å². The van der Waals surface area contributed by atoms with Gasteiger partial charge >= 0.3 is 6.03 Å². The highest BCUT2D eigenvalue weighted by atomic mass is 16.5. The maximum atomic E-state index is 11.7. The Morgan fingerprint density at radius 1 is 1.31 bits per heavy atom. The molecule has 0 bridgehead atoms. The Morgan fingerprint density at radius 3 is 3.08 bits per heavy atom. The third-order valence-corrected chi connectivity index (χ3v) is 5.54. The summed E-state index contributed by atoms with van der Waals surface area (Å²) in [5.41, 5.74) is 3.62. The van der Waals surface area contributed by atoms with E-state index in [1.54, 1.807) is 11.1 Å². The molecule has 2 amide bonds. The largest absolute Gasteiger partial charge is 0.493 e. The fourth-order valence-corrected chi connectivity index (χ4v) is 3.96. The summed E-state index contributed by atoms with van der Waals surface area (Å²) >= 11 is 0. The predicted octanol–water partition coefficient (Wildman–Crippen LogP) is 1.45. The van der Waals surface area contributed by atoms with Crippen molar-refractivity contribution in [3.63, 3.8) is 0 Å². The monoisotopic (exact) mass is 353 g/mol. The number of nitrogens with one attached hydrogen (secondary N) is 1. The van der Waals surface area contributed by atoms with Crippen LogP contribution in [-0.2, 0) is 12.8 Å². The number of rotatable bonds is 5. The zero-order valence-corrected chi connectivity index (χ0v) is 14.7. The lowest BCUT2D eigenvalue weighted by molar-refractivity contribution is 0.100. The molecule has 4 heterocycles. The predicted molar refractivity (Wildman–Crippen MR) is 97.8 cm³/mol. The highest BCUT2D eigenvalue weighted by Crippen LogP contribution is 2.27. The molecule has 2 saturated heterocycles. The third kappa shape index (κ3) is 2.82. The second-order valence-electron chi connectivity index (χ2n) is 7.27. The molecule has 2 aromatic rings. The summed E-state index contributed by atoms with van der Waals surface area (Å²) in [4.78, 5) is 15.9. The normalized spacial score (nSPS) is 20.0. The molecule has 1 aromatic carbocycles. The minimum atomic E-state index is -0.0282. The average molecular weight is 353 g/mol. The van der Waals surface area contributed by atoms with Gasteiger partial charge in [-0.05, 0) is 23.6 Å². The van der Waals surface area contributed by atoms with Gasteiger partial charge in [-0.15, -0.1) is 0 Å². The van der Waals surface area contributed by atoms with Crippen molar-refractivity contribution in [2.45, 2.75) is 18.9 Å². The van der Waals surface area contributed by atoms with Gasteiger partial charge in [0.1, 0.15) is 5.75 Å². The molecule has 0 spiro atoms. The van der Waals surface area contributed by atoms with Gasteiger partial charge in [0.15, 0.2) is 0 Å². The van der Waals surface area contributed by atoms with Gasteiger partial charge in [-0.3, -0.25) is 14.5 Å². The Morgan fingerprint density at radius 2 is 2.23 bits per heavy atom. The number of aromatic nitrogens is 2. The molecule has 0 atom stereocenters. The van der Waals surface area contributed by atoms with E-state index in [-0.39, 0.29) is 6.03 Å². The molecule has 0 saturated carbocycles. The number of benzene rings is 1. The van der Waals surface area contributed by atoms with Gasteiger partial charge in [-0.2, -0.15) is 5.10 Å². The van der Waals surface area contributed by atoms with E-state index >= 15 is 0 Å². The van der Waals surface area contributed by atoms with Crippen molar-refractivity contribution in [3.05, 3.63) is 41.7 Å². The maximum Gasteiger partial charge on any atom is 0.322 e. The molecule has 136 valence electrons. The van der Waals surface area contributed by atoms with Crippen LogP contribution in [0.4, 0.5) is 10.5 Å². The minimum absolute atomic E-state index is 0.0282. The number of hydrogen-bond acceptors (Lipinski definition) is 4. The minimum Gasteiger partial charge on any atom is -0.493 e. The maximum absolute atomic E-state index is 11.7. The van der Waals surface area contributed by atoms with E-state index in [4.69, 9.17) is 4.74 Å².